The van der Waals surface area contributed by atoms with E-state index in [9.17, 15) is 0 Å². The summed E-state index contributed by atoms with van der Waals surface area (Å²) in [4.78, 5) is 0. The van der Waals surface area contributed by atoms with Gasteiger partial charge in [0.15, 0.2) is 0 Å². The first-order valence-electron chi connectivity index (χ1n) is 7.39. The van der Waals surface area contributed by atoms with Gasteiger partial charge >= 0.3 is 0 Å². The predicted molar refractivity (Wildman–Crippen MR) is 89.1 cm³/mol. The second kappa shape index (κ2) is 5.89. The molecule has 1 aliphatic rings. The van der Waals surface area contributed by atoms with Crippen molar-refractivity contribution in [3.63, 3.8) is 0 Å². The van der Waals surface area contributed by atoms with Gasteiger partial charge in [-0.2, -0.15) is 0 Å². The van der Waals surface area contributed by atoms with Crippen molar-refractivity contribution < 1.29 is 0 Å². The van der Waals surface area contributed by atoms with Crippen LogP contribution in [0.2, 0.25) is 37.8 Å². The molecule has 0 saturated carbocycles. The number of hydrogen-bond acceptors (Lipinski definition) is 1. The molecule has 18 heavy (non-hydrogen) atoms. The summed E-state index contributed by atoms with van der Waals surface area (Å²) in [5.41, 5.74) is 0. The van der Waals surface area contributed by atoms with Gasteiger partial charge in [-0.1, -0.05) is 83.2 Å². The molecule has 3 heteroatoms. The summed E-state index contributed by atoms with van der Waals surface area (Å²) >= 11 is 0. The van der Waals surface area contributed by atoms with Crippen LogP contribution in [0, 0.1) is 0 Å². The zero-order valence-electron chi connectivity index (χ0n) is 13.1. The fourth-order valence-electron chi connectivity index (χ4n) is 3.13. The topological polar surface area (TPSA) is 12.0 Å². The summed E-state index contributed by atoms with van der Waals surface area (Å²) in [6.07, 6.45) is 14.8. The second-order valence-electron chi connectivity index (χ2n) is 7.22. The van der Waals surface area contributed by atoms with E-state index in [2.05, 4.69) is 68.6 Å². The highest BCUT2D eigenvalue weighted by atomic mass is 28.4. The molecule has 0 aromatic heterocycles. The van der Waals surface area contributed by atoms with Crippen LogP contribution in [-0.2, 0) is 0 Å². The Balaban J connectivity index is 2.84. The minimum atomic E-state index is -1.47. The Bertz CT molecular complexity index is 312. The summed E-state index contributed by atoms with van der Waals surface area (Å²) in [6, 6.07) is 0. The molecule has 0 heterocycles. The molecule has 1 aliphatic carbocycles. The highest BCUT2D eigenvalue weighted by molar-refractivity contribution is 6.92. The van der Waals surface area contributed by atoms with E-state index in [4.69, 9.17) is 0 Å². The van der Waals surface area contributed by atoms with Crippen LogP contribution < -0.4 is 4.65 Å². The number of hydrogen-bond donors (Lipinski definition) is 1. The van der Waals surface area contributed by atoms with Crippen LogP contribution in [0.5, 0.6) is 0 Å². The third-order valence-corrected chi connectivity index (χ3v) is 12.4. The lowest BCUT2D eigenvalue weighted by Crippen LogP contribution is -2.62. The molecule has 1 N–H and O–H groups in total. The summed E-state index contributed by atoms with van der Waals surface area (Å²) in [6.45, 7) is 14.6. The van der Waals surface area contributed by atoms with E-state index < -0.39 is 16.5 Å². The van der Waals surface area contributed by atoms with E-state index in [1.807, 2.05) is 0 Å². The Morgan fingerprint density at radius 3 is 1.94 bits per heavy atom. The minimum Gasteiger partial charge on any atom is -0.359 e. The van der Waals surface area contributed by atoms with Crippen LogP contribution >= 0.6 is 0 Å². The molecule has 104 valence electrons. The molecule has 0 aromatic carbocycles. The fourth-order valence-corrected chi connectivity index (χ4v) is 13.4. The van der Waals surface area contributed by atoms with E-state index in [1.54, 1.807) is 0 Å². The number of rotatable bonds is 7. The van der Waals surface area contributed by atoms with E-state index in [0.29, 0.717) is 5.04 Å². The Kier molecular flexibility index (Phi) is 5.21. The van der Waals surface area contributed by atoms with Crippen molar-refractivity contribution in [1.82, 2.24) is 4.65 Å². The molecule has 0 amide bonds. The van der Waals surface area contributed by atoms with Crippen molar-refractivity contribution in [1.29, 1.82) is 0 Å². The molecule has 0 aromatic rings. The van der Waals surface area contributed by atoms with Gasteiger partial charge < -0.3 is 4.65 Å². The lowest BCUT2D eigenvalue weighted by molar-refractivity contribution is 0.608. The van der Waals surface area contributed by atoms with Crippen molar-refractivity contribution in [2.75, 3.05) is 0 Å². The van der Waals surface area contributed by atoms with E-state index in [-0.39, 0.29) is 0 Å². The first-order valence-corrected chi connectivity index (χ1v) is 13.9. The van der Waals surface area contributed by atoms with Crippen molar-refractivity contribution in [3.8, 4) is 0 Å². The van der Waals surface area contributed by atoms with Gasteiger partial charge in [-0.3, -0.25) is 0 Å². The van der Waals surface area contributed by atoms with Crippen molar-refractivity contribution in [3.05, 3.63) is 24.3 Å². The minimum absolute atomic E-state index is 0.350. The zero-order valence-corrected chi connectivity index (χ0v) is 15.1. The quantitative estimate of drug-likeness (QED) is 0.508. The van der Waals surface area contributed by atoms with Crippen molar-refractivity contribution in [2.24, 2.45) is 0 Å². The standard InChI is InChI=1S/C15H31NSi2/c1-7-8-9-12-15(13-10-11-14-15)18(5,6)16-17(2,3)4/h10-11,13-14,16H,7-9,12H2,1-6H3. The Morgan fingerprint density at radius 2 is 1.50 bits per heavy atom. The van der Waals surface area contributed by atoms with Gasteiger partial charge in [0.05, 0.1) is 0 Å². The Labute approximate surface area is 116 Å². The molecule has 0 spiro atoms. The summed E-state index contributed by atoms with van der Waals surface area (Å²) in [5, 5.41) is 0.350. The second-order valence-corrected chi connectivity index (χ2v) is 16.9. The zero-order chi connectivity index (χ0) is 13.9. The molecular formula is C15H31NSi2. The smallest absolute Gasteiger partial charge is 0.126 e. The van der Waals surface area contributed by atoms with E-state index in [1.165, 1.54) is 25.7 Å². The summed E-state index contributed by atoms with van der Waals surface area (Å²) < 4.78 is 4.08. The van der Waals surface area contributed by atoms with Crippen LogP contribution in [0.25, 0.3) is 0 Å². The maximum Gasteiger partial charge on any atom is 0.126 e. The normalized spacial score (nSPS) is 18.6. The molecular weight excluding hydrogens is 250 g/mol. The number of nitrogens with one attached hydrogen (secondary N) is 1. The van der Waals surface area contributed by atoms with Crippen molar-refractivity contribution >= 4 is 16.5 Å². The highest BCUT2D eigenvalue weighted by Gasteiger charge is 2.45. The molecule has 1 nitrogen and oxygen atoms in total. The van der Waals surface area contributed by atoms with Gasteiger partial charge in [-0.15, -0.1) is 0 Å². The summed E-state index contributed by atoms with van der Waals surface area (Å²) in [7, 11) is -2.68. The largest absolute Gasteiger partial charge is 0.359 e. The van der Waals surface area contributed by atoms with Crippen LogP contribution in [0.1, 0.15) is 32.6 Å². The average molecular weight is 282 g/mol. The van der Waals surface area contributed by atoms with Gasteiger partial charge in [-0.05, 0) is 6.42 Å². The number of allylic oxidation sites excluding steroid dienone is 4. The maximum absolute atomic E-state index is 4.08. The lowest BCUT2D eigenvalue weighted by atomic mass is 10.0. The Morgan fingerprint density at radius 1 is 0.944 bits per heavy atom. The van der Waals surface area contributed by atoms with Crippen LogP contribution in [0.3, 0.4) is 0 Å². The monoisotopic (exact) mass is 281 g/mol. The van der Waals surface area contributed by atoms with Gasteiger partial charge in [0.25, 0.3) is 0 Å². The third kappa shape index (κ3) is 3.93. The molecule has 0 radical (unpaired) electrons. The van der Waals surface area contributed by atoms with Crippen LogP contribution in [-0.4, -0.2) is 16.5 Å². The van der Waals surface area contributed by atoms with Gasteiger partial charge in [0.2, 0.25) is 0 Å². The number of unbranched alkanes of at least 4 members (excludes halogenated alkanes) is 2. The van der Waals surface area contributed by atoms with E-state index >= 15 is 0 Å². The van der Waals surface area contributed by atoms with Crippen LogP contribution in [0.4, 0.5) is 0 Å². The third-order valence-electron chi connectivity index (χ3n) is 3.94. The maximum atomic E-state index is 4.08. The lowest BCUT2D eigenvalue weighted by Gasteiger charge is -2.44. The molecule has 0 saturated heterocycles. The average Bonchev–Trinajstić information content (AvgIpc) is 2.64. The molecule has 0 fully saturated rings. The highest BCUT2D eigenvalue weighted by Crippen LogP contribution is 2.47. The first kappa shape index (κ1) is 15.9. The SMILES string of the molecule is CCCCCC1([Si](C)(C)N[Si](C)(C)C)C=CC=C1. The first-order chi connectivity index (χ1) is 8.22. The van der Waals surface area contributed by atoms with Crippen molar-refractivity contribution in [2.45, 2.75) is 70.4 Å². The van der Waals surface area contributed by atoms with Gasteiger partial charge in [0, 0.05) is 5.04 Å². The summed E-state index contributed by atoms with van der Waals surface area (Å²) in [5.74, 6) is 0. The predicted octanol–water partition coefficient (Wildman–Crippen LogP) is 5.06. The van der Waals surface area contributed by atoms with E-state index in [0.717, 1.165) is 0 Å². The van der Waals surface area contributed by atoms with Crippen LogP contribution in [0.15, 0.2) is 24.3 Å². The molecule has 0 aliphatic heterocycles. The molecule has 0 atom stereocenters. The fraction of sp³-hybridized carbons (Fsp3) is 0.733. The molecule has 0 bridgehead atoms. The van der Waals surface area contributed by atoms with Gasteiger partial charge in [0.1, 0.15) is 16.5 Å². The Hall–Kier alpha value is -0.126. The molecule has 1 rings (SSSR count). The van der Waals surface area contributed by atoms with Gasteiger partial charge in [-0.25, -0.2) is 0 Å². The molecule has 0 unspecified atom stereocenters.